The minimum Gasteiger partial charge on any atom is -0.267 e. The van der Waals surface area contributed by atoms with Crippen LogP contribution in [-0.2, 0) is 14.1 Å². The van der Waals surface area contributed by atoms with Gasteiger partial charge in [0.1, 0.15) is 11.4 Å². The van der Waals surface area contributed by atoms with E-state index >= 15 is 0 Å². The number of nitrogens with zero attached hydrogens (tertiary/aromatic N) is 5. The van der Waals surface area contributed by atoms with Gasteiger partial charge < -0.3 is 0 Å². The average Bonchev–Trinajstić information content (AvgIpc) is 3.38. The van der Waals surface area contributed by atoms with Crippen LogP contribution < -0.4 is 0 Å². The number of benzene rings is 2. The first-order chi connectivity index (χ1) is 14.7. The summed E-state index contributed by atoms with van der Waals surface area (Å²) < 4.78 is 3.79. The summed E-state index contributed by atoms with van der Waals surface area (Å²) >= 11 is 0. The van der Waals surface area contributed by atoms with Gasteiger partial charge in [0.15, 0.2) is 0 Å². The van der Waals surface area contributed by atoms with Crippen LogP contribution in [0.15, 0.2) is 91.0 Å². The van der Waals surface area contributed by atoms with E-state index in [0.717, 1.165) is 45.3 Å². The zero-order chi connectivity index (χ0) is 20.5. The molecule has 0 amide bonds. The van der Waals surface area contributed by atoms with Crippen LogP contribution >= 0.6 is 0 Å². The van der Waals surface area contributed by atoms with Crippen LogP contribution in [0.3, 0.4) is 0 Å². The van der Waals surface area contributed by atoms with Gasteiger partial charge in [0, 0.05) is 14.1 Å². The van der Waals surface area contributed by atoms with Crippen molar-refractivity contribution in [2.75, 3.05) is 0 Å². The molecule has 2 aromatic carbocycles. The third-order valence-corrected chi connectivity index (χ3v) is 5.17. The lowest BCUT2D eigenvalue weighted by atomic mass is 10.1. The fourth-order valence-corrected chi connectivity index (χ4v) is 3.66. The first-order valence-electron chi connectivity index (χ1n) is 9.86. The van der Waals surface area contributed by atoms with E-state index in [4.69, 9.17) is 15.2 Å². The molecule has 5 rings (SSSR count). The quantitative estimate of drug-likeness (QED) is 0.422. The van der Waals surface area contributed by atoms with E-state index in [1.54, 1.807) is 0 Å². The molecule has 5 nitrogen and oxygen atoms in total. The van der Waals surface area contributed by atoms with E-state index < -0.39 is 0 Å². The van der Waals surface area contributed by atoms with Crippen molar-refractivity contribution in [1.29, 1.82) is 0 Å². The van der Waals surface area contributed by atoms with Crippen molar-refractivity contribution >= 4 is 0 Å². The van der Waals surface area contributed by atoms with E-state index in [2.05, 4.69) is 36.4 Å². The van der Waals surface area contributed by atoms with E-state index in [-0.39, 0.29) is 0 Å². The van der Waals surface area contributed by atoms with E-state index in [1.807, 2.05) is 78.1 Å². The highest BCUT2D eigenvalue weighted by Gasteiger charge is 2.13. The minimum absolute atomic E-state index is 0.831. The summed E-state index contributed by atoms with van der Waals surface area (Å²) in [7, 11) is 3.92. The molecule has 3 heterocycles. The molecule has 0 spiro atoms. The summed E-state index contributed by atoms with van der Waals surface area (Å²) in [5.41, 5.74) is 7.73. The van der Waals surface area contributed by atoms with Crippen LogP contribution in [0.25, 0.3) is 45.3 Å². The summed E-state index contributed by atoms with van der Waals surface area (Å²) in [4.78, 5) is 4.86. The Balaban J connectivity index is 1.52. The number of aromatic nitrogens is 5. The van der Waals surface area contributed by atoms with Crippen LogP contribution in [0.2, 0.25) is 0 Å². The normalized spacial score (nSPS) is 11.0. The molecule has 5 heteroatoms. The van der Waals surface area contributed by atoms with Gasteiger partial charge >= 0.3 is 0 Å². The molecule has 0 aliphatic heterocycles. The number of pyridine rings is 1. The minimum atomic E-state index is 0.831. The van der Waals surface area contributed by atoms with Crippen LogP contribution in [0.5, 0.6) is 0 Å². The van der Waals surface area contributed by atoms with Gasteiger partial charge in [0.2, 0.25) is 0 Å². The molecule has 3 aromatic heterocycles. The SMILES string of the molecule is Cn1nc(-c2cccc(-c3cc(-c4ccccc4)n(C)n3)n2)cc1-c1ccccc1. The van der Waals surface area contributed by atoms with Gasteiger partial charge in [-0.05, 0) is 35.4 Å². The van der Waals surface area contributed by atoms with Gasteiger partial charge in [-0.2, -0.15) is 10.2 Å². The topological polar surface area (TPSA) is 48.5 Å². The standard InChI is InChI=1S/C25H21N5/c1-29-24(18-10-5-3-6-11-18)16-22(27-29)20-14-9-15-21(26-20)23-17-25(30(2)28-23)19-12-7-4-8-13-19/h3-17H,1-2H3. The van der Waals surface area contributed by atoms with Crippen molar-refractivity contribution in [3.63, 3.8) is 0 Å². The first kappa shape index (κ1) is 18.1. The molecule has 0 unspecified atom stereocenters. The van der Waals surface area contributed by atoms with Gasteiger partial charge in [-0.25, -0.2) is 4.98 Å². The lowest BCUT2D eigenvalue weighted by Gasteiger charge is -1.99. The molecule has 146 valence electrons. The predicted molar refractivity (Wildman–Crippen MR) is 120 cm³/mol. The lowest BCUT2D eigenvalue weighted by Crippen LogP contribution is -1.95. The molecule has 0 N–H and O–H groups in total. The van der Waals surface area contributed by atoms with Gasteiger partial charge in [-0.15, -0.1) is 0 Å². The second kappa shape index (κ2) is 7.44. The van der Waals surface area contributed by atoms with Gasteiger partial charge in [0.25, 0.3) is 0 Å². The number of aryl methyl sites for hydroxylation is 2. The highest BCUT2D eigenvalue weighted by molar-refractivity contribution is 5.70. The van der Waals surface area contributed by atoms with Crippen molar-refractivity contribution in [3.05, 3.63) is 91.0 Å². The third kappa shape index (κ3) is 3.31. The van der Waals surface area contributed by atoms with Crippen LogP contribution in [-0.4, -0.2) is 24.5 Å². The van der Waals surface area contributed by atoms with Crippen LogP contribution in [0, 0.1) is 0 Å². The van der Waals surface area contributed by atoms with Crippen molar-refractivity contribution in [3.8, 4) is 45.3 Å². The zero-order valence-electron chi connectivity index (χ0n) is 16.9. The van der Waals surface area contributed by atoms with Crippen molar-refractivity contribution in [1.82, 2.24) is 24.5 Å². The highest BCUT2D eigenvalue weighted by atomic mass is 15.3. The molecule has 0 radical (unpaired) electrons. The summed E-state index contributed by atoms with van der Waals surface area (Å²) in [5.74, 6) is 0. The van der Waals surface area contributed by atoms with Crippen molar-refractivity contribution < 1.29 is 0 Å². The summed E-state index contributed by atoms with van der Waals surface area (Å²) in [6.45, 7) is 0. The molecule has 0 saturated heterocycles. The molecule has 0 saturated carbocycles. The summed E-state index contributed by atoms with van der Waals surface area (Å²) in [6.07, 6.45) is 0. The zero-order valence-corrected chi connectivity index (χ0v) is 16.9. The second-order valence-electron chi connectivity index (χ2n) is 7.22. The molecule has 0 atom stereocenters. The first-order valence-corrected chi connectivity index (χ1v) is 9.86. The third-order valence-electron chi connectivity index (χ3n) is 5.17. The fourth-order valence-electron chi connectivity index (χ4n) is 3.66. The number of hydrogen-bond acceptors (Lipinski definition) is 3. The maximum absolute atomic E-state index is 4.86. The summed E-state index contributed by atoms with van der Waals surface area (Å²) in [5, 5.41) is 9.38. The maximum Gasteiger partial charge on any atom is 0.111 e. The average molecular weight is 391 g/mol. The Morgan fingerprint density at radius 1 is 0.500 bits per heavy atom. The molecule has 30 heavy (non-hydrogen) atoms. The Morgan fingerprint density at radius 2 is 0.933 bits per heavy atom. The highest BCUT2D eigenvalue weighted by Crippen LogP contribution is 2.28. The van der Waals surface area contributed by atoms with E-state index in [9.17, 15) is 0 Å². The molecule has 5 aromatic rings. The lowest BCUT2D eigenvalue weighted by molar-refractivity contribution is 0.776. The Kier molecular flexibility index (Phi) is 4.48. The van der Waals surface area contributed by atoms with Crippen molar-refractivity contribution in [2.24, 2.45) is 14.1 Å². The Bertz CT molecular complexity index is 1200. The van der Waals surface area contributed by atoms with Gasteiger partial charge in [0.05, 0.1) is 22.8 Å². The fraction of sp³-hybridized carbons (Fsp3) is 0.0800. The van der Waals surface area contributed by atoms with Crippen molar-refractivity contribution in [2.45, 2.75) is 0 Å². The van der Waals surface area contributed by atoms with Crippen LogP contribution in [0.4, 0.5) is 0 Å². The molecule has 0 aliphatic carbocycles. The summed E-state index contributed by atoms with van der Waals surface area (Å²) in [6, 6.07) is 30.7. The number of hydrogen-bond donors (Lipinski definition) is 0. The molecule has 0 bridgehead atoms. The largest absolute Gasteiger partial charge is 0.267 e. The molecular weight excluding hydrogens is 370 g/mol. The van der Waals surface area contributed by atoms with Crippen LogP contribution in [0.1, 0.15) is 0 Å². The number of rotatable bonds is 4. The smallest absolute Gasteiger partial charge is 0.111 e. The van der Waals surface area contributed by atoms with E-state index in [0.29, 0.717) is 0 Å². The van der Waals surface area contributed by atoms with Gasteiger partial charge in [-0.3, -0.25) is 9.36 Å². The van der Waals surface area contributed by atoms with E-state index in [1.165, 1.54) is 0 Å². The molecular formula is C25H21N5. The Morgan fingerprint density at radius 3 is 1.37 bits per heavy atom. The molecule has 0 aliphatic rings. The molecule has 0 fully saturated rings. The Hall–Kier alpha value is -3.99. The second-order valence-corrected chi connectivity index (χ2v) is 7.22. The maximum atomic E-state index is 4.86. The van der Waals surface area contributed by atoms with Gasteiger partial charge in [-0.1, -0.05) is 66.7 Å². The monoisotopic (exact) mass is 391 g/mol. The predicted octanol–water partition coefficient (Wildman–Crippen LogP) is 5.22. The Labute approximate surface area is 175 Å².